The van der Waals surface area contributed by atoms with Crippen molar-refractivity contribution in [2.45, 2.75) is 44.3 Å². The van der Waals surface area contributed by atoms with Gasteiger partial charge in [0.15, 0.2) is 9.84 Å². The molecule has 2 aliphatic rings. The SMILES string of the molecule is Cl.Cl.Cl.Cl.Cn1ccnc1CN[C@@H]1C[C@H](Cn2cc(CN3CCS(=O)(=O)CC3)nn2)[C@@H](O)[C@H]1O. The quantitative estimate of drug-likeness (QED) is 0.405. The summed E-state index contributed by atoms with van der Waals surface area (Å²) in [5.41, 5.74) is 0.770. The Kier molecular flexibility index (Phi) is 13.9. The van der Waals surface area contributed by atoms with Crippen molar-refractivity contribution in [3.8, 4) is 0 Å². The molecular weight excluding hydrogens is 552 g/mol. The molecule has 34 heavy (non-hydrogen) atoms. The summed E-state index contributed by atoms with van der Waals surface area (Å²) in [6, 6.07) is -0.222. The van der Waals surface area contributed by atoms with Crippen molar-refractivity contribution >= 4 is 59.5 Å². The maximum absolute atomic E-state index is 11.5. The summed E-state index contributed by atoms with van der Waals surface area (Å²) >= 11 is 0. The van der Waals surface area contributed by atoms with Crippen molar-refractivity contribution in [3.63, 3.8) is 0 Å². The molecule has 2 aromatic rings. The van der Waals surface area contributed by atoms with E-state index in [4.69, 9.17) is 0 Å². The van der Waals surface area contributed by atoms with E-state index in [-0.39, 0.29) is 73.1 Å². The largest absolute Gasteiger partial charge is 0.390 e. The van der Waals surface area contributed by atoms with E-state index in [0.29, 0.717) is 39.1 Å². The second-order valence-corrected chi connectivity index (χ2v) is 10.6. The molecule has 4 rings (SSSR count). The van der Waals surface area contributed by atoms with E-state index in [0.717, 1.165) is 11.5 Å². The Balaban J connectivity index is 0.00000272. The third kappa shape index (κ3) is 8.17. The van der Waals surface area contributed by atoms with E-state index in [1.54, 1.807) is 10.9 Å². The molecule has 2 fully saturated rings. The summed E-state index contributed by atoms with van der Waals surface area (Å²) in [5.74, 6) is 1.08. The lowest BCUT2D eigenvalue weighted by molar-refractivity contribution is 0.00713. The highest BCUT2D eigenvalue weighted by Crippen LogP contribution is 2.28. The molecule has 0 radical (unpaired) electrons. The Bertz CT molecular complexity index is 963. The number of nitrogens with zero attached hydrogens (tertiary/aromatic N) is 6. The van der Waals surface area contributed by atoms with Crippen LogP contribution in [0.4, 0.5) is 0 Å². The Labute approximate surface area is 224 Å². The number of hydrogen-bond acceptors (Lipinski definition) is 9. The lowest BCUT2D eigenvalue weighted by Crippen LogP contribution is -2.40. The van der Waals surface area contributed by atoms with Crippen LogP contribution in [0.5, 0.6) is 0 Å². The van der Waals surface area contributed by atoms with Gasteiger partial charge in [-0.15, -0.1) is 54.7 Å². The van der Waals surface area contributed by atoms with Gasteiger partial charge in [0.05, 0.1) is 36.0 Å². The van der Waals surface area contributed by atoms with Gasteiger partial charge in [0.2, 0.25) is 0 Å². The number of sulfone groups is 1. The zero-order chi connectivity index (χ0) is 21.3. The Hall–Kier alpha value is -0.700. The molecule has 0 amide bonds. The smallest absolute Gasteiger partial charge is 0.152 e. The lowest BCUT2D eigenvalue weighted by Gasteiger charge is -2.25. The van der Waals surface area contributed by atoms with Crippen molar-refractivity contribution in [1.29, 1.82) is 0 Å². The fourth-order valence-corrected chi connectivity index (χ4v) is 5.45. The van der Waals surface area contributed by atoms with Crippen LogP contribution in [0, 0.1) is 5.92 Å². The maximum Gasteiger partial charge on any atom is 0.152 e. The molecule has 16 heteroatoms. The van der Waals surface area contributed by atoms with Crippen molar-refractivity contribution in [3.05, 3.63) is 30.1 Å². The summed E-state index contributed by atoms with van der Waals surface area (Å²) in [6.45, 7) is 2.54. The average molecular weight is 585 g/mol. The molecule has 0 spiro atoms. The second kappa shape index (κ2) is 14.1. The number of halogens is 4. The molecule has 3 N–H and O–H groups in total. The highest BCUT2D eigenvalue weighted by molar-refractivity contribution is 7.91. The summed E-state index contributed by atoms with van der Waals surface area (Å²) in [7, 11) is -0.988. The molecule has 11 nitrogen and oxygen atoms in total. The Morgan fingerprint density at radius 1 is 1.12 bits per heavy atom. The first kappa shape index (κ1) is 33.3. The van der Waals surface area contributed by atoms with Gasteiger partial charge in [-0.05, 0) is 6.42 Å². The molecule has 0 unspecified atom stereocenters. The van der Waals surface area contributed by atoms with Gasteiger partial charge < -0.3 is 20.1 Å². The maximum atomic E-state index is 11.5. The summed E-state index contributed by atoms with van der Waals surface area (Å²) < 4.78 is 26.7. The molecule has 1 aliphatic heterocycles. The number of rotatable bonds is 7. The average Bonchev–Trinajstić information content (AvgIpc) is 3.39. The fraction of sp³-hybridized carbons (Fsp3) is 0.722. The van der Waals surface area contributed by atoms with Crippen LogP contribution in [0.1, 0.15) is 17.9 Å². The lowest BCUT2D eigenvalue weighted by atomic mass is 10.1. The van der Waals surface area contributed by atoms with Gasteiger partial charge in [-0.2, -0.15) is 0 Å². The van der Waals surface area contributed by atoms with E-state index in [1.165, 1.54) is 0 Å². The van der Waals surface area contributed by atoms with Crippen LogP contribution in [0.2, 0.25) is 0 Å². The third-order valence-corrected chi connectivity index (χ3v) is 7.68. The third-order valence-electron chi connectivity index (χ3n) is 6.08. The van der Waals surface area contributed by atoms with Crippen molar-refractivity contribution in [1.82, 2.24) is 34.8 Å². The fourth-order valence-electron chi connectivity index (χ4n) is 4.18. The van der Waals surface area contributed by atoms with Crippen LogP contribution >= 0.6 is 49.6 Å². The molecule has 3 heterocycles. The monoisotopic (exact) mass is 583 g/mol. The van der Waals surface area contributed by atoms with Gasteiger partial charge in [-0.25, -0.2) is 13.4 Å². The van der Waals surface area contributed by atoms with E-state index in [9.17, 15) is 18.6 Å². The zero-order valence-electron chi connectivity index (χ0n) is 18.6. The zero-order valence-corrected chi connectivity index (χ0v) is 22.7. The van der Waals surface area contributed by atoms with Crippen LogP contribution in [0.25, 0.3) is 0 Å². The van der Waals surface area contributed by atoms with Gasteiger partial charge in [0, 0.05) is 63.8 Å². The molecule has 1 aliphatic carbocycles. The minimum atomic E-state index is -2.90. The highest BCUT2D eigenvalue weighted by Gasteiger charge is 2.41. The van der Waals surface area contributed by atoms with Crippen LogP contribution in [-0.4, -0.2) is 90.9 Å². The highest BCUT2D eigenvalue weighted by atomic mass is 35.5. The van der Waals surface area contributed by atoms with Crippen molar-refractivity contribution in [2.75, 3.05) is 24.6 Å². The molecule has 2 aromatic heterocycles. The number of hydrogen-bond donors (Lipinski definition) is 3. The van der Waals surface area contributed by atoms with Crippen LogP contribution in [-0.2, 0) is 36.5 Å². The van der Waals surface area contributed by atoms with Gasteiger partial charge in [-0.3, -0.25) is 9.58 Å². The van der Waals surface area contributed by atoms with E-state index < -0.39 is 22.0 Å². The number of aliphatic hydroxyl groups excluding tert-OH is 2. The minimum Gasteiger partial charge on any atom is -0.390 e. The molecule has 0 aromatic carbocycles. The molecule has 1 saturated heterocycles. The van der Waals surface area contributed by atoms with Crippen molar-refractivity contribution in [2.24, 2.45) is 13.0 Å². The molecule has 1 saturated carbocycles. The van der Waals surface area contributed by atoms with E-state index in [1.807, 2.05) is 24.0 Å². The molecule has 0 bridgehead atoms. The van der Waals surface area contributed by atoms with E-state index in [2.05, 4.69) is 25.5 Å². The first-order valence-electron chi connectivity index (χ1n) is 10.2. The summed E-state index contributed by atoms with van der Waals surface area (Å²) in [4.78, 5) is 6.32. The van der Waals surface area contributed by atoms with Gasteiger partial charge in [0.1, 0.15) is 5.82 Å². The predicted molar refractivity (Wildman–Crippen MR) is 137 cm³/mol. The number of imidazole rings is 1. The molecule has 4 atom stereocenters. The van der Waals surface area contributed by atoms with Gasteiger partial charge in [-0.1, -0.05) is 5.21 Å². The first-order chi connectivity index (χ1) is 14.3. The number of aryl methyl sites for hydroxylation is 1. The standard InChI is InChI=1S/C18H29N7O4S.4ClH/c1-23-3-2-19-16(23)9-20-15-8-13(17(26)18(15)27)10-25-12-14(21-22-25)11-24-4-6-30(28,29)7-5-24;;;;/h2-3,12-13,15,17-18,20,26-27H,4-11H2,1H3;4*1H/t13-,15-,17-,18+;;;;/m1..../s1. The normalized spacial score (nSPS) is 26.0. The summed E-state index contributed by atoms with van der Waals surface area (Å²) in [5, 5.41) is 32.5. The number of nitrogens with one attached hydrogen (secondary N) is 1. The summed E-state index contributed by atoms with van der Waals surface area (Å²) in [6.07, 6.45) is 4.34. The Morgan fingerprint density at radius 3 is 2.41 bits per heavy atom. The minimum absolute atomic E-state index is 0. The van der Waals surface area contributed by atoms with Crippen molar-refractivity contribution < 1.29 is 18.6 Å². The number of aliphatic hydroxyl groups is 2. The van der Waals surface area contributed by atoms with Crippen LogP contribution in [0.15, 0.2) is 18.6 Å². The number of aromatic nitrogens is 5. The van der Waals surface area contributed by atoms with Gasteiger partial charge >= 0.3 is 0 Å². The van der Waals surface area contributed by atoms with E-state index >= 15 is 0 Å². The second-order valence-electron chi connectivity index (χ2n) is 8.28. The Morgan fingerprint density at radius 2 is 1.79 bits per heavy atom. The van der Waals surface area contributed by atoms with Crippen LogP contribution in [0.3, 0.4) is 0 Å². The first-order valence-corrected chi connectivity index (χ1v) is 12.0. The van der Waals surface area contributed by atoms with Gasteiger partial charge in [0.25, 0.3) is 0 Å². The topological polar surface area (TPSA) is 138 Å². The predicted octanol–water partition coefficient (Wildman–Crippen LogP) is -0.171. The molecule has 198 valence electrons. The molecular formula is C18H33Cl4N7O4S. The van der Waals surface area contributed by atoms with Crippen LogP contribution < -0.4 is 5.32 Å².